The van der Waals surface area contributed by atoms with Crippen LogP contribution in [0.2, 0.25) is 0 Å². The molecule has 0 heterocycles. The zero-order valence-electron chi connectivity index (χ0n) is 14.3. The molecule has 0 saturated carbocycles. The molecule has 4 rings (SSSR count). The zero-order valence-corrected chi connectivity index (χ0v) is 14.3. The van der Waals surface area contributed by atoms with Crippen LogP contribution in [0.15, 0.2) is 41.5 Å². The number of phenols is 1. The van der Waals surface area contributed by atoms with Gasteiger partial charge < -0.3 is 5.11 Å². The lowest BCUT2D eigenvalue weighted by atomic mass is 9.69. The average Bonchev–Trinajstić information content (AvgIpc) is 2.87. The molecular formula is C21H26O2. The van der Waals surface area contributed by atoms with E-state index in [2.05, 4.69) is 26.8 Å². The molecule has 0 saturated heterocycles. The second kappa shape index (κ2) is 6.35. The Kier molecular flexibility index (Phi) is 4.43. The molecule has 1 unspecified atom stereocenters. The first-order valence-corrected chi connectivity index (χ1v) is 8.74. The predicted octanol–water partition coefficient (Wildman–Crippen LogP) is 4.93. The third-order valence-corrected chi connectivity index (χ3v) is 4.85. The van der Waals surface area contributed by atoms with Crippen molar-refractivity contribution in [3.63, 3.8) is 0 Å². The largest absolute Gasteiger partial charge is 0.508 e. The Morgan fingerprint density at radius 1 is 1.04 bits per heavy atom. The second-order valence-corrected chi connectivity index (χ2v) is 7.51. The molecule has 0 bridgehead atoms. The Bertz CT molecular complexity index is 676. The van der Waals surface area contributed by atoms with Crippen LogP contribution in [0, 0.1) is 11.8 Å². The van der Waals surface area contributed by atoms with Gasteiger partial charge in [-0.2, -0.15) is 0 Å². The van der Waals surface area contributed by atoms with Crippen molar-refractivity contribution in [1.82, 2.24) is 0 Å². The minimum atomic E-state index is 0.143. The van der Waals surface area contributed by atoms with Gasteiger partial charge in [0.25, 0.3) is 0 Å². The summed E-state index contributed by atoms with van der Waals surface area (Å²) in [5, 5.41) is 9.60. The highest BCUT2D eigenvalue weighted by molar-refractivity contribution is 5.98. The Morgan fingerprint density at radius 2 is 1.74 bits per heavy atom. The normalized spacial score (nSPS) is 24.8. The summed E-state index contributed by atoms with van der Waals surface area (Å²) >= 11 is 0. The summed E-state index contributed by atoms with van der Waals surface area (Å²) < 4.78 is 0. The van der Waals surface area contributed by atoms with Gasteiger partial charge in [0.05, 0.1) is 0 Å². The smallest absolute Gasteiger partial charge is 0.163 e. The van der Waals surface area contributed by atoms with Gasteiger partial charge in [-0.3, -0.25) is 4.79 Å². The van der Waals surface area contributed by atoms with Gasteiger partial charge >= 0.3 is 0 Å². The third kappa shape index (κ3) is 3.12. The molecule has 1 aromatic carbocycles. The first-order valence-electron chi connectivity index (χ1n) is 8.74. The van der Waals surface area contributed by atoms with Gasteiger partial charge in [0, 0.05) is 11.8 Å². The van der Waals surface area contributed by atoms with Crippen LogP contribution in [0.4, 0.5) is 0 Å². The van der Waals surface area contributed by atoms with E-state index in [1.165, 1.54) is 22.3 Å². The van der Waals surface area contributed by atoms with Crippen LogP contribution < -0.4 is 0 Å². The van der Waals surface area contributed by atoms with Gasteiger partial charge in [-0.1, -0.05) is 38.5 Å². The number of carbonyl (C=O) groups is 1. The van der Waals surface area contributed by atoms with Crippen LogP contribution in [0.3, 0.4) is 0 Å². The average molecular weight is 310 g/mol. The van der Waals surface area contributed by atoms with E-state index >= 15 is 0 Å². The maximum atomic E-state index is 11.8. The number of fused-ring (bicyclic) bond motifs is 4. The molecule has 2 nitrogen and oxygen atoms in total. The molecule has 3 aliphatic rings. The zero-order chi connectivity index (χ0) is 16.6. The number of hydrogen-bond donors (Lipinski definition) is 1. The van der Waals surface area contributed by atoms with Gasteiger partial charge in [0.1, 0.15) is 5.75 Å². The van der Waals surface area contributed by atoms with Gasteiger partial charge in [0.15, 0.2) is 5.78 Å². The van der Waals surface area contributed by atoms with Gasteiger partial charge in [0.2, 0.25) is 0 Å². The molecule has 3 aliphatic carbocycles. The predicted molar refractivity (Wildman–Crippen MR) is 93.6 cm³/mol. The van der Waals surface area contributed by atoms with Crippen molar-refractivity contribution in [3.05, 3.63) is 52.6 Å². The monoisotopic (exact) mass is 310 g/mol. The van der Waals surface area contributed by atoms with Crippen LogP contribution in [0.1, 0.15) is 57.1 Å². The third-order valence-electron chi connectivity index (χ3n) is 4.85. The van der Waals surface area contributed by atoms with Gasteiger partial charge in [-0.15, -0.1) is 0 Å². The number of hydrogen-bond acceptors (Lipinski definition) is 2. The molecule has 0 spiro atoms. The number of phenolic OH excluding ortho intramolecular Hbond substituents is 1. The molecule has 0 fully saturated rings. The summed E-state index contributed by atoms with van der Waals surface area (Å²) in [6.45, 7) is 6.50. The summed E-state index contributed by atoms with van der Waals surface area (Å²) in [6.07, 6.45) is 7.84. The van der Waals surface area contributed by atoms with Crippen molar-refractivity contribution < 1.29 is 9.90 Å². The lowest BCUT2D eigenvalue weighted by molar-refractivity contribution is -0.116. The maximum Gasteiger partial charge on any atom is 0.163 e. The first kappa shape index (κ1) is 16.0. The number of rotatable bonds is 0. The summed E-state index contributed by atoms with van der Waals surface area (Å²) in [7, 11) is 0. The minimum absolute atomic E-state index is 0.143. The number of benzene rings is 1. The maximum absolute atomic E-state index is 11.8. The van der Waals surface area contributed by atoms with Crippen LogP contribution in [-0.4, -0.2) is 10.9 Å². The number of aromatic hydroxyl groups is 1. The van der Waals surface area contributed by atoms with Crippen molar-refractivity contribution in [2.75, 3.05) is 0 Å². The fourth-order valence-corrected chi connectivity index (χ4v) is 3.97. The molecule has 23 heavy (non-hydrogen) atoms. The van der Waals surface area contributed by atoms with Crippen molar-refractivity contribution in [1.29, 1.82) is 0 Å². The number of aryl methyl sites for hydroxylation is 1. The molecule has 1 N–H and O–H groups in total. The highest BCUT2D eigenvalue weighted by Gasteiger charge is 2.37. The standard InChI is InChI=1S/C17H16O2.C4H10/c18-11-2-4-12-10(9-11)1-3-14-13(12)5-6-16-15(14)7-8-17(16)19;1-4(2)3/h2,4,7-9,13,16,18H,1,3,5-6H2;4H,1-3H3/t13-,16?;/m0./s1. The van der Waals surface area contributed by atoms with Crippen molar-refractivity contribution in [3.8, 4) is 5.75 Å². The highest BCUT2D eigenvalue weighted by Crippen LogP contribution is 2.48. The number of carbonyl (C=O) groups excluding carboxylic acids is 1. The fraction of sp³-hybridized carbons (Fsp3) is 0.476. The van der Waals surface area contributed by atoms with Crippen LogP contribution in [0.25, 0.3) is 0 Å². The quantitative estimate of drug-likeness (QED) is 0.737. The summed E-state index contributed by atoms with van der Waals surface area (Å²) in [4.78, 5) is 11.8. The fourth-order valence-electron chi connectivity index (χ4n) is 3.97. The van der Waals surface area contributed by atoms with E-state index in [1.54, 1.807) is 12.1 Å². The molecule has 1 aromatic rings. The molecule has 0 aromatic heterocycles. The van der Waals surface area contributed by atoms with E-state index in [1.807, 2.05) is 12.1 Å². The van der Waals surface area contributed by atoms with Crippen molar-refractivity contribution >= 4 is 5.78 Å². The molecule has 122 valence electrons. The summed E-state index contributed by atoms with van der Waals surface area (Å²) in [6, 6.07) is 5.75. The Morgan fingerprint density at radius 3 is 2.48 bits per heavy atom. The lowest BCUT2D eigenvalue weighted by Gasteiger charge is -2.35. The summed E-state index contributed by atoms with van der Waals surface area (Å²) in [5.41, 5.74) is 5.40. The molecule has 0 amide bonds. The Labute approximate surface area is 138 Å². The van der Waals surface area contributed by atoms with E-state index < -0.39 is 0 Å². The van der Waals surface area contributed by atoms with E-state index in [-0.39, 0.29) is 11.7 Å². The molecular weight excluding hydrogens is 284 g/mol. The summed E-state index contributed by atoms with van der Waals surface area (Å²) in [5.74, 6) is 2.09. The SMILES string of the molecule is CC(C)C.O=C1C=CC2=C3CCc4cc(O)ccc4[C@@H]3CCC12. The lowest BCUT2D eigenvalue weighted by Crippen LogP contribution is -2.23. The van der Waals surface area contributed by atoms with Gasteiger partial charge in [-0.05, 0) is 66.5 Å². The Balaban J connectivity index is 0.000000354. The van der Waals surface area contributed by atoms with Crippen LogP contribution in [-0.2, 0) is 11.2 Å². The van der Waals surface area contributed by atoms with E-state index in [0.717, 1.165) is 31.6 Å². The first-order chi connectivity index (χ1) is 11.0. The van der Waals surface area contributed by atoms with E-state index in [9.17, 15) is 9.90 Å². The number of ketones is 1. The molecule has 2 atom stereocenters. The molecule has 2 heteroatoms. The Hall–Kier alpha value is -1.83. The van der Waals surface area contributed by atoms with E-state index in [0.29, 0.717) is 11.7 Å². The van der Waals surface area contributed by atoms with E-state index in [4.69, 9.17) is 0 Å². The van der Waals surface area contributed by atoms with Crippen LogP contribution >= 0.6 is 0 Å². The van der Waals surface area contributed by atoms with Gasteiger partial charge in [-0.25, -0.2) is 0 Å². The topological polar surface area (TPSA) is 37.3 Å². The van der Waals surface area contributed by atoms with Crippen LogP contribution in [0.5, 0.6) is 5.75 Å². The molecule has 0 aliphatic heterocycles. The number of allylic oxidation sites excluding steroid dienone is 4. The molecule has 0 radical (unpaired) electrons. The van der Waals surface area contributed by atoms with Crippen molar-refractivity contribution in [2.45, 2.75) is 52.4 Å². The second-order valence-electron chi connectivity index (χ2n) is 7.51. The highest BCUT2D eigenvalue weighted by atomic mass is 16.3. The minimum Gasteiger partial charge on any atom is -0.508 e. The van der Waals surface area contributed by atoms with Crippen molar-refractivity contribution in [2.24, 2.45) is 11.8 Å².